The van der Waals surface area contributed by atoms with E-state index in [9.17, 15) is 8.42 Å². The van der Waals surface area contributed by atoms with E-state index in [1.807, 2.05) is 0 Å². The minimum absolute atomic E-state index is 0.0499. The molecule has 2 heterocycles. The second-order valence-electron chi connectivity index (χ2n) is 5.68. The van der Waals surface area contributed by atoms with Gasteiger partial charge in [-0.15, -0.1) is 0 Å². The third kappa shape index (κ3) is 3.68. The summed E-state index contributed by atoms with van der Waals surface area (Å²) in [5.74, 6) is 0.371. The molecule has 2 fully saturated rings. The van der Waals surface area contributed by atoms with Crippen LogP contribution in [-0.2, 0) is 10.0 Å². The molecule has 1 atom stereocenters. The number of hydrogen-bond acceptors (Lipinski definition) is 4. The minimum Gasteiger partial charge on any atom is -0.300 e. The average molecular weight is 350 g/mol. The number of nitrogens with zero attached hydrogens (tertiary/aromatic N) is 2. The average Bonchev–Trinajstić information content (AvgIpc) is 3.19. The number of likely N-dealkylation sites (tertiary alicyclic amines) is 1. The summed E-state index contributed by atoms with van der Waals surface area (Å²) in [4.78, 5) is 6.28. The number of halogens is 2. The van der Waals surface area contributed by atoms with Gasteiger partial charge >= 0.3 is 0 Å². The van der Waals surface area contributed by atoms with Crippen molar-refractivity contribution in [3.8, 4) is 0 Å². The molecule has 1 aromatic rings. The van der Waals surface area contributed by atoms with E-state index in [1.54, 1.807) is 0 Å². The van der Waals surface area contributed by atoms with Crippen LogP contribution in [0.25, 0.3) is 0 Å². The maximum atomic E-state index is 12.2. The second-order valence-corrected chi connectivity index (χ2v) is 8.21. The molecule has 1 N–H and O–H groups in total. The highest BCUT2D eigenvalue weighted by atomic mass is 35.5. The predicted octanol–water partition coefficient (Wildman–Crippen LogP) is 2.15. The molecule has 2 aliphatic rings. The van der Waals surface area contributed by atoms with E-state index < -0.39 is 10.0 Å². The lowest BCUT2D eigenvalue weighted by molar-refractivity contribution is 0.314. The molecular weight excluding hydrogens is 333 g/mol. The van der Waals surface area contributed by atoms with E-state index in [2.05, 4.69) is 14.6 Å². The van der Waals surface area contributed by atoms with Crippen molar-refractivity contribution < 1.29 is 8.42 Å². The van der Waals surface area contributed by atoms with Gasteiger partial charge in [0.25, 0.3) is 0 Å². The molecule has 0 spiro atoms. The molecule has 5 nitrogen and oxygen atoms in total. The molecule has 1 aliphatic carbocycles. The summed E-state index contributed by atoms with van der Waals surface area (Å²) >= 11 is 11.5. The molecule has 1 saturated carbocycles. The summed E-state index contributed by atoms with van der Waals surface area (Å²) in [7, 11) is -3.58. The summed E-state index contributed by atoms with van der Waals surface area (Å²) in [6, 6.07) is 2.07. The molecule has 116 valence electrons. The van der Waals surface area contributed by atoms with Crippen molar-refractivity contribution in [2.24, 2.45) is 5.92 Å². The lowest BCUT2D eigenvalue weighted by Gasteiger charge is -2.15. The Morgan fingerprint density at radius 3 is 2.76 bits per heavy atom. The van der Waals surface area contributed by atoms with Gasteiger partial charge in [-0.05, 0) is 37.8 Å². The first-order chi connectivity index (χ1) is 9.95. The molecule has 0 amide bonds. The lowest BCUT2D eigenvalue weighted by Crippen LogP contribution is -2.31. The van der Waals surface area contributed by atoms with Gasteiger partial charge < -0.3 is 4.90 Å². The van der Waals surface area contributed by atoms with Crippen LogP contribution in [0.1, 0.15) is 19.3 Å². The first-order valence-corrected chi connectivity index (χ1v) is 9.24. The van der Waals surface area contributed by atoms with E-state index in [0.29, 0.717) is 12.5 Å². The Hall–Kier alpha value is -0.400. The van der Waals surface area contributed by atoms with Gasteiger partial charge in [0.1, 0.15) is 10.0 Å². The zero-order valence-corrected chi connectivity index (χ0v) is 13.8. The fourth-order valence-corrected chi connectivity index (χ4v) is 4.08. The highest BCUT2D eigenvalue weighted by molar-refractivity contribution is 7.89. The van der Waals surface area contributed by atoms with Gasteiger partial charge in [-0.1, -0.05) is 23.2 Å². The maximum Gasteiger partial charge on any atom is 0.242 e. The predicted molar refractivity (Wildman–Crippen MR) is 82.1 cm³/mol. The number of sulfonamides is 1. The zero-order valence-electron chi connectivity index (χ0n) is 11.4. The number of hydrogen-bond donors (Lipinski definition) is 1. The molecule has 21 heavy (non-hydrogen) atoms. The minimum atomic E-state index is -3.58. The van der Waals surface area contributed by atoms with Crippen LogP contribution in [0.4, 0.5) is 0 Å². The van der Waals surface area contributed by atoms with Gasteiger partial charge in [0.15, 0.2) is 0 Å². The van der Waals surface area contributed by atoms with Crippen LogP contribution < -0.4 is 4.72 Å². The van der Waals surface area contributed by atoms with Gasteiger partial charge in [-0.25, -0.2) is 18.1 Å². The quantitative estimate of drug-likeness (QED) is 0.827. The Kier molecular flexibility index (Phi) is 4.43. The van der Waals surface area contributed by atoms with Crippen LogP contribution in [0.3, 0.4) is 0 Å². The van der Waals surface area contributed by atoms with Crippen LogP contribution in [0.5, 0.6) is 0 Å². The molecule has 1 unspecified atom stereocenters. The molecule has 1 aliphatic heterocycles. The normalized spacial score (nSPS) is 23.6. The largest absolute Gasteiger partial charge is 0.300 e. The molecular formula is C13H17Cl2N3O2S. The topological polar surface area (TPSA) is 62.3 Å². The fraction of sp³-hybridized carbons (Fsp3) is 0.615. The molecule has 1 saturated heterocycles. The number of rotatable bonds is 5. The summed E-state index contributed by atoms with van der Waals surface area (Å²) in [5.41, 5.74) is 0. The second kappa shape index (κ2) is 6.01. The fourth-order valence-electron chi connectivity index (χ4n) is 2.66. The highest BCUT2D eigenvalue weighted by Crippen LogP contribution is 2.31. The van der Waals surface area contributed by atoms with Crippen molar-refractivity contribution in [3.63, 3.8) is 0 Å². The highest BCUT2D eigenvalue weighted by Gasteiger charge is 2.34. The van der Waals surface area contributed by atoms with Crippen molar-refractivity contribution in [3.05, 3.63) is 22.4 Å². The van der Waals surface area contributed by atoms with Crippen LogP contribution in [-0.4, -0.2) is 44.0 Å². The van der Waals surface area contributed by atoms with Crippen molar-refractivity contribution in [1.82, 2.24) is 14.6 Å². The Labute approximate surface area is 134 Å². The first-order valence-electron chi connectivity index (χ1n) is 7.00. The van der Waals surface area contributed by atoms with Gasteiger partial charge in [-0.3, -0.25) is 0 Å². The molecule has 3 rings (SSSR count). The zero-order chi connectivity index (χ0) is 15.0. The van der Waals surface area contributed by atoms with Crippen LogP contribution in [0.2, 0.25) is 10.2 Å². The Morgan fingerprint density at radius 1 is 1.33 bits per heavy atom. The lowest BCUT2D eigenvalue weighted by atomic mass is 10.1. The molecule has 1 aromatic heterocycles. The number of nitrogens with one attached hydrogen (secondary N) is 1. The van der Waals surface area contributed by atoms with Gasteiger partial charge in [0, 0.05) is 25.3 Å². The Bertz CT molecular complexity index is 634. The maximum absolute atomic E-state index is 12.2. The number of pyridine rings is 1. The van der Waals surface area contributed by atoms with Crippen LogP contribution in [0.15, 0.2) is 17.2 Å². The van der Waals surface area contributed by atoms with Gasteiger partial charge in [0.2, 0.25) is 10.0 Å². The van der Waals surface area contributed by atoms with Crippen molar-refractivity contribution in [1.29, 1.82) is 0 Å². The number of aromatic nitrogens is 1. The van der Waals surface area contributed by atoms with Crippen molar-refractivity contribution >= 4 is 33.2 Å². The summed E-state index contributed by atoms with van der Waals surface area (Å²) in [5, 5.41) is 0.242. The molecule has 0 bridgehead atoms. The summed E-state index contributed by atoms with van der Waals surface area (Å²) in [6.45, 7) is 2.50. The molecule has 0 aromatic carbocycles. The monoisotopic (exact) mass is 349 g/mol. The molecule has 0 radical (unpaired) electrons. The van der Waals surface area contributed by atoms with Gasteiger partial charge in [-0.2, -0.15) is 0 Å². The van der Waals surface area contributed by atoms with Crippen LogP contribution in [0, 0.1) is 5.92 Å². The van der Waals surface area contributed by atoms with E-state index in [1.165, 1.54) is 25.1 Å². The Morgan fingerprint density at radius 2 is 2.10 bits per heavy atom. The SMILES string of the molecule is O=S(=O)(NCC1CCN(C2CC2)C1)c1cnc(Cl)c(Cl)c1. The van der Waals surface area contributed by atoms with Crippen LogP contribution >= 0.6 is 23.2 Å². The third-order valence-corrected chi connectivity index (χ3v) is 6.10. The molecule has 8 heteroatoms. The van der Waals surface area contributed by atoms with Crippen molar-refractivity contribution in [2.45, 2.75) is 30.2 Å². The standard InChI is InChI=1S/C13H17Cl2N3O2S/c14-12-5-11(7-16-13(12)15)21(19,20)17-6-9-3-4-18(8-9)10-1-2-10/h5,7,9-10,17H,1-4,6,8H2. The van der Waals surface area contributed by atoms with E-state index in [0.717, 1.165) is 25.6 Å². The summed E-state index contributed by atoms with van der Waals surface area (Å²) < 4.78 is 27.1. The van der Waals surface area contributed by atoms with E-state index >= 15 is 0 Å². The third-order valence-electron chi connectivity index (χ3n) is 4.02. The van der Waals surface area contributed by atoms with E-state index in [-0.39, 0.29) is 15.1 Å². The van der Waals surface area contributed by atoms with E-state index in [4.69, 9.17) is 23.2 Å². The Balaban J connectivity index is 1.59. The smallest absolute Gasteiger partial charge is 0.242 e. The van der Waals surface area contributed by atoms with Gasteiger partial charge in [0.05, 0.1) is 5.02 Å². The van der Waals surface area contributed by atoms with Crippen molar-refractivity contribution in [2.75, 3.05) is 19.6 Å². The first kappa shape index (κ1) is 15.5. The summed E-state index contributed by atoms with van der Waals surface area (Å²) in [6.07, 6.45) is 4.83.